The lowest BCUT2D eigenvalue weighted by Gasteiger charge is -2.21. The summed E-state index contributed by atoms with van der Waals surface area (Å²) in [6.07, 6.45) is -8.15. The van der Waals surface area contributed by atoms with Crippen molar-refractivity contribution in [2.24, 2.45) is 0 Å². The Morgan fingerprint density at radius 2 is 1.22 bits per heavy atom. The van der Waals surface area contributed by atoms with E-state index in [1.165, 1.54) is 0 Å². The standard InChI is InChI=1S/C30H32N2O9/c33-24(14-31-28(37)26(35)27(36)29(38)40-16-18-8-2-1-3-9-18)25(34)15-32-30(39)41-17-23-21-12-6-4-10-19(21)20-11-5-7-13-22(20)23/h1-13,23-27,33-36H,14-17H2,(H,31,37)(H,32,39)/t24-,25+,26-,27+/m1/s1. The Hall–Kier alpha value is -4.29. The minimum atomic E-state index is -2.17. The van der Waals surface area contributed by atoms with Crippen molar-refractivity contribution in [3.8, 4) is 11.1 Å². The number of fused-ring (bicyclic) bond motifs is 3. The molecule has 3 aromatic carbocycles. The van der Waals surface area contributed by atoms with E-state index < -0.39 is 48.9 Å². The normalized spacial score (nSPS) is 15.0. The molecule has 3 aromatic rings. The van der Waals surface area contributed by atoms with Crippen molar-refractivity contribution in [3.05, 3.63) is 95.6 Å². The summed E-state index contributed by atoms with van der Waals surface area (Å²) >= 11 is 0. The van der Waals surface area contributed by atoms with E-state index in [-0.39, 0.29) is 25.7 Å². The second kappa shape index (κ2) is 13.9. The summed E-state index contributed by atoms with van der Waals surface area (Å²) in [5.74, 6) is -2.51. The van der Waals surface area contributed by atoms with E-state index in [2.05, 4.69) is 10.6 Å². The predicted molar refractivity (Wildman–Crippen MR) is 146 cm³/mol. The van der Waals surface area contributed by atoms with E-state index >= 15 is 0 Å². The second-order valence-corrected chi connectivity index (χ2v) is 9.57. The van der Waals surface area contributed by atoms with E-state index in [1.54, 1.807) is 30.3 Å². The lowest BCUT2D eigenvalue weighted by Crippen LogP contribution is -2.50. The lowest BCUT2D eigenvalue weighted by atomic mass is 9.98. The zero-order valence-corrected chi connectivity index (χ0v) is 22.1. The highest BCUT2D eigenvalue weighted by atomic mass is 16.6. The van der Waals surface area contributed by atoms with E-state index in [9.17, 15) is 34.8 Å². The third kappa shape index (κ3) is 7.47. The molecule has 4 rings (SSSR count). The average molecular weight is 565 g/mol. The van der Waals surface area contributed by atoms with Crippen molar-refractivity contribution in [1.82, 2.24) is 10.6 Å². The molecule has 0 saturated carbocycles. The molecule has 6 N–H and O–H groups in total. The number of rotatable bonds is 12. The summed E-state index contributed by atoms with van der Waals surface area (Å²) in [5.41, 5.74) is 4.91. The van der Waals surface area contributed by atoms with E-state index in [1.807, 2.05) is 48.5 Å². The third-order valence-electron chi connectivity index (χ3n) is 6.76. The first-order chi connectivity index (χ1) is 19.8. The van der Waals surface area contributed by atoms with E-state index in [0.717, 1.165) is 22.3 Å². The van der Waals surface area contributed by atoms with Crippen molar-refractivity contribution in [2.45, 2.75) is 36.9 Å². The Morgan fingerprint density at radius 1 is 0.683 bits per heavy atom. The van der Waals surface area contributed by atoms with Gasteiger partial charge in [0.15, 0.2) is 12.2 Å². The van der Waals surface area contributed by atoms with Crippen LogP contribution in [0.15, 0.2) is 78.9 Å². The molecule has 11 nitrogen and oxygen atoms in total. The van der Waals surface area contributed by atoms with Gasteiger partial charge in [0.1, 0.15) is 13.2 Å². The predicted octanol–water partition coefficient (Wildman–Crippen LogP) is 0.828. The van der Waals surface area contributed by atoms with Gasteiger partial charge >= 0.3 is 12.1 Å². The molecule has 0 aromatic heterocycles. The molecule has 0 spiro atoms. The van der Waals surface area contributed by atoms with Crippen LogP contribution in [-0.2, 0) is 25.7 Å². The maximum absolute atomic E-state index is 12.3. The Balaban J connectivity index is 1.17. The molecular formula is C30H32N2O9. The first-order valence-electron chi connectivity index (χ1n) is 13.1. The molecule has 4 atom stereocenters. The van der Waals surface area contributed by atoms with Crippen LogP contribution in [-0.4, -0.2) is 82.5 Å². The number of hydrogen-bond donors (Lipinski definition) is 6. The molecule has 1 aliphatic carbocycles. The number of aliphatic hydroxyl groups excluding tert-OH is 4. The van der Waals surface area contributed by atoms with Crippen LogP contribution < -0.4 is 10.6 Å². The first kappa shape index (κ1) is 29.7. The number of carbonyl (C=O) groups excluding carboxylic acids is 3. The first-order valence-corrected chi connectivity index (χ1v) is 13.1. The Labute approximate surface area is 236 Å². The van der Waals surface area contributed by atoms with E-state index in [4.69, 9.17) is 9.47 Å². The fourth-order valence-electron chi connectivity index (χ4n) is 4.51. The Kier molecular flexibility index (Phi) is 10.0. The summed E-state index contributed by atoms with van der Waals surface area (Å²) in [5, 5.41) is 44.7. The number of nitrogens with one attached hydrogen (secondary N) is 2. The number of amides is 2. The van der Waals surface area contributed by atoms with Crippen LogP contribution in [0.3, 0.4) is 0 Å². The fraction of sp³-hybridized carbons (Fsp3) is 0.300. The largest absolute Gasteiger partial charge is 0.459 e. The second-order valence-electron chi connectivity index (χ2n) is 9.57. The molecule has 0 unspecified atom stereocenters. The van der Waals surface area contributed by atoms with Gasteiger partial charge in [-0.3, -0.25) is 4.79 Å². The summed E-state index contributed by atoms with van der Waals surface area (Å²) in [6, 6.07) is 24.4. The molecule has 0 bridgehead atoms. The minimum absolute atomic E-state index is 0.0720. The van der Waals surface area contributed by atoms with Crippen LogP contribution in [0.2, 0.25) is 0 Å². The minimum Gasteiger partial charge on any atom is -0.459 e. The molecule has 0 aliphatic heterocycles. The van der Waals surface area contributed by atoms with Crippen LogP contribution in [0, 0.1) is 0 Å². The summed E-state index contributed by atoms with van der Waals surface area (Å²) in [4.78, 5) is 36.4. The SMILES string of the molecule is O=C(NC[C@H](O)[C@H](O)CNC(=O)[C@H](O)[C@H](O)C(=O)OCc1ccccc1)OCC1c2ccccc2-c2ccccc21. The number of benzene rings is 3. The number of ether oxygens (including phenoxy) is 2. The van der Waals surface area contributed by atoms with Crippen LogP contribution in [0.1, 0.15) is 22.6 Å². The van der Waals surface area contributed by atoms with Gasteiger partial charge in [-0.2, -0.15) is 0 Å². The fourth-order valence-corrected chi connectivity index (χ4v) is 4.51. The van der Waals surface area contributed by atoms with Gasteiger partial charge in [0.2, 0.25) is 0 Å². The van der Waals surface area contributed by atoms with E-state index in [0.29, 0.717) is 5.56 Å². The number of esters is 1. The topological polar surface area (TPSA) is 175 Å². The van der Waals surface area contributed by atoms with Crippen LogP contribution in [0.5, 0.6) is 0 Å². The van der Waals surface area contributed by atoms with Crippen molar-refractivity contribution in [1.29, 1.82) is 0 Å². The highest BCUT2D eigenvalue weighted by Crippen LogP contribution is 2.44. The average Bonchev–Trinajstić information content (AvgIpc) is 3.33. The van der Waals surface area contributed by atoms with Gasteiger partial charge in [-0.05, 0) is 27.8 Å². The highest BCUT2D eigenvalue weighted by molar-refractivity contribution is 5.88. The number of aliphatic hydroxyl groups is 4. The maximum Gasteiger partial charge on any atom is 0.407 e. The van der Waals surface area contributed by atoms with Gasteiger partial charge in [0, 0.05) is 19.0 Å². The van der Waals surface area contributed by atoms with Gasteiger partial charge in [-0.15, -0.1) is 0 Å². The Bertz CT molecular complexity index is 1310. The van der Waals surface area contributed by atoms with Crippen molar-refractivity contribution >= 4 is 18.0 Å². The molecule has 0 fully saturated rings. The molecule has 11 heteroatoms. The van der Waals surface area contributed by atoms with Crippen molar-refractivity contribution in [3.63, 3.8) is 0 Å². The maximum atomic E-state index is 12.3. The monoisotopic (exact) mass is 564 g/mol. The van der Waals surface area contributed by atoms with Gasteiger partial charge in [-0.1, -0.05) is 78.9 Å². The van der Waals surface area contributed by atoms with Gasteiger partial charge in [0.25, 0.3) is 5.91 Å². The lowest BCUT2D eigenvalue weighted by molar-refractivity contribution is -0.165. The van der Waals surface area contributed by atoms with Gasteiger partial charge < -0.3 is 40.5 Å². The molecule has 0 saturated heterocycles. The summed E-state index contributed by atoms with van der Waals surface area (Å²) < 4.78 is 10.3. The van der Waals surface area contributed by atoms with Gasteiger partial charge in [0.05, 0.1) is 12.2 Å². The quantitative estimate of drug-likeness (QED) is 0.174. The molecule has 1 aliphatic rings. The summed E-state index contributed by atoms with van der Waals surface area (Å²) in [7, 11) is 0. The smallest absolute Gasteiger partial charge is 0.407 e. The van der Waals surface area contributed by atoms with Crippen LogP contribution in [0.25, 0.3) is 11.1 Å². The molecule has 0 radical (unpaired) electrons. The molecule has 41 heavy (non-hydrogen) atoms. The van der Waals surface area contributed by atoms with Crippen LogP contribution >= 0.6 is 0 Å². The number of hydrogen-bond acceptors (Lipinski definition) is 9. The molecular weight excluding hydrogens is 532 g/mol. The molecule has 216 valence electrons. The molecule has 0 heterocycles. The highest BCUT2D eigenvalue weighted by Gasteiger charge is 2.32. The number of carbonyl (C=O) groups is 3. The summed E-state index contributed by atoms with van der Waals surface area (Å²) in [6.45, 7) is -1.00. The van der Waals surface area contributed by atoms with Crippen molar-refractivity contribution < 1.29 is 44.3 Å². The van der Waals surface area contributed by atoms with Crippen LogP contribution in [0.4, 0.5) is 4.79 Å². The third-order valence-corrected chi connectivity index (χ3v) is 6.76. The zero-order valence-electron chi connectivity index (χ0n) is 22.1. The Morgan fingerprint density at radius 3 is 1.83 bits per heavy atom. The number of alkyl carbamates (subject to hydrolysis) is 1. The van der Waals surface area contributed by atoms with Gasteiger partial charge in [-0.25, -0.2) is 9.59 Å². The zero-order chi connectivity index (χ0) is 29.4. The van der Waals surface area contributed by atoms with Crippen molar-refractivity contribution in [2.75, 3.05) is 19.7 Å². The molecule has 2 amide bonds.